The number of aromatic nitrogens is 4. The number of methoxy groups -OCH3 is 2. The summed E-state index contributed by atoms with van der Waals surface area (Å²) in [5, 5.41) is 8.23. The number of pyridine rings is 1. The van der Waals surface area contributed by atoms with Crippen molar-refractivity contribution in [2.45, 2.75) is 6.04 Å². The Morgan fingerprint density at radius 3 is 2.70 bits per heavy atom. The van der Waals surface area contributed by atoms with Crippen LogP contribution in [0.2, 0.25) is 0 Å². The Morgan fingerprint density at radius 2 is 2.00 bits per heavy atom. The average molecular weight is 365 g/mol. The van der Waals surface area contributed by atoms with E-state index in [0.717, 1.165) is 11.4 Å². The largest absolute Gasteiger partial charge is 0.493 e. The van der Waals surface area contributed by atoms with E-state index in [1.807, 2.05) is 16.7 Å². The molecular formula is C19H19N5O3. The number of nitrogens with zero attached hydrogens (tertiary/aromatic N) is 5. The summed E-state index contributed by atoms with van der Waals surface area (Å²) in [6.07, 6.45) is 5.17. The molecule has 3 aromatic rings. The Hall–Kier alpha value is -3.42. The number of benzene rings is 1. The van der Waals surface area contributed by atoms with Crippen LogP contribution in [0.25, 0.3) is 11.4 Å². The SMILES string of the molecule is COc1cccc(C(=O)N2CC(n3cnnc3-c3cccnc3)C2)c1OC. The van der Waals surface area contributed by atoms with Gasteiger partial charge in [0.05, 0.1) is 25.8 Å². The summed E-state index contributed by atoms with van der Waals surface area (Å²) in [5.41, 5.74) is 1.39. The number of likely N-dealkylation sites (tertiary alicyclic amines) is 1. The Kier molecular flexibility index (Phi) is 4.45. The standard InChI is InChI=1S/C19H19N5O3/c1-26-16-7-3-6-15(17(16)27-2)19(25)23-10-14(11-23)24-12-21-22-18(24)13-5-4-8-20-9-13/h3-9,12,14H,10-11H2,1-2H3. The Balaban J connectivity index is 1.51. The van der Waals surface area contributed by atoms with Gasteiger partial charge in [0.2, 0.25) is 0 Å². The highest BCUT2D eigenvalue weighted by Crippen LogP contribution is 2.34. The molecule has 0 aliphatic carbocycles. The van der Waals surface area contributed by atoms with Gasteiger partial charge in [-0.3, -0.25) is 9.78 Å². The quantitative estimate of drug-likeness (QED) is 0.688. The number of carbonyl (C=O) groups is 1. The number of rotatable bonds is 5. The lowest BCUT2D eigenvalue weighted by molar-refractivity contribution is 0.0518. The van der Waals surface area contributed by atoms with Crippen LogP contribution in [0, 0.1) is 0 Å². The fourth-order valence-electron chi connectivity index (χ4n) is 3.23. The molecule has 1 aliphatic rings. The molecule has 1 amide bonds. The third-order valence-electron chi connectivity index (χ3n) is 4.67. The van der Waals surface area contributed by atoms with E-state index in [-0.39, 0.29) is 11.9 Å². The zero-order valence-electron chi connectivity index (χ0n) is 15.1. The van der Waals surface area contributed by atoms with E-state index < -0.39 is 0 Å². The van der Waals surface area contributed by atoms with E-state index in [9.17, 15) is 4.79 Å². The lowest BCUT2D eigenvalue weighted by Crippen LogP contribution is -2.50. The van der Waals surface area contributed by atoms with Gasteiger partial charge in [-0.05, 0) is 24.3 Å². The van der Waals surface area contributed by atoms with Gasteiger partial charge in [-0.2, -0.15) is 0 Å². The van der Waals surface area contributed by atoms with Crippen LogP contribution in [0.15, 0.2) is 49.1 Å². The Bertz CT molecular complexity index is 951. The molecule has 4 rings (SSSR count). The molecule has 1 aliphatic heterocycles. The summed E-state index contributed by atoms with van der Waals surface area (Å²) in [6.45, 7) is 1.15. The summed E-state index contributed by atoms with van der Waals surface area (Å²) < 4.78 is 12.6. The predicted octanol–water partition coefficient (Wildman–Crippen LogP) is 2.05. The lowest BCUT2D eigenvalue weighted by atomic mass is 10.0. The molecule has 0 unspecified atom stereocenters. The van der Waals surface area contributed by atoms with Crippen LogP contribution < -0.4 is 9.47 Å². The number of hydrogen-bond acceptors (Lipinski definition) is 6. The van der Waals surface area contributed by atoms with Crippen molar-refractivity contribution in [1.29, 1.82) is 0 Å². The normalized spacial score (nSPS) is 13.9. The highest BCUT2D eigenvalue weighted by molar-refractivity contribution is 5.98. The number of carbonyl (C=O) groups excluding carboxylic acids is 1. The van der Waals surface area contributed by atoms with Crippen molar-refractivity contribution < 1.29 is 14.3 Å². The molecule has 0 radical (unpaired) electrons. The predicted molar refractivity (Wildman–Crippen MR) is 97.7 cm³/mol. The van der Waals surface area contributed by atoms with Gasteiger partial charge in [0, 0.05) is 31.0 Å². The van der Waals surface area contributed by atoms with E-state index in [2.05, 4.69) is 15.2 Å². The van der Waals surface area contributed by atoms with Crippen molar-refractivity contribution in [3.05, 3.63) is 54.6 Å². The van der Waals surface area contributed by atoms with Crippen LogP contribution in [0.1, 0.15) is 16.4 Å². The second-order valence-electron chi connectivity index (χ2n) is 6.21. The molecule has 8 heteroatoms. The molecule has 0 N–H and O–H groups in total. The molecule has 1 saturated heterocycles. The molecule has 2 aromatic heterocycles. The molecule has 3 heterocycles. The molecule has 27 heavy (non-hydrogen) atoms. The zero-order valence-corrected chi connectivity index (χ0v) is 15.1. The van der Waals surface area contributed by atoms with Gasteiger partial charge in [0.25, 0.3) is 5.91 Å². The van der Waals surface area contributed by atoms with E-state index in [1.165, 1.54) is 7.11 Å². The number of para-hydroxylation sites is 1. The minimum Gasteiger partial charge on any atom is -0.493 e. The maximum atomic E-state index is 12.9. The summed E-state index contributed by atoms with van der Waals surface area (Å²) in [7, 11) is 3.09. The highest BCUT2D eigenvalue weighted by atomic mass is 16.5. The summed E-state index contributed by atoms with van der Waals surface area (Å²) >= 11 is 0. The molecule has 138 valence electrons. The van der Waals surface area contributed by atoms with Gasteiger partial charge in [-0.15, -0.1) is 10.2 Å². The summed E-state index contributed by atoms with van der Waals surface area (Å²) in [4.78, 5) is 18.8. The van der Waals surface area contributed by atoms with Gasteiger partial charge >= 0.3 is 0 Å². The van der Waals surface area contributed by atoms with Crippen LogP contribution in [0.5, 0.6) is 11.5 Å². The van der Waals surface area contributed by atoms with E-state index in [4.69, 9.17) is 9.47 Å². The van der Waals surface area contributed by atoms with Crippen molar-refractivity contribution in [3.8, 4) is 22.9 Å². The minimum absolute atomic E-state index is 0.0852. The first kappa shape index (κ1) is 17.0. The van der Waals surface area contributed by atoms with E-state index in [0.29, 0.717) is 30.2 Å². The topological polar surface area (TPSA) is 82.4 Å². The van der Waals surface area contributed by atoms with E-state index >= 15 is 0 Å². The third kappa shape index (κ3) is 2.99. The van der Waals surface area contributed by atoms with Gasteiger partial charge in [0.15, 0.2) is 17.3 Å². The van der Waals surface area contributed by atoms with Gasteiger partial charge in [0.1, 0.15) is 6.33 Å². The third-order valence-corrected chi connectivity index (χ3v) is 4.67. The van der Waals surface area contributed by atoms with Crippen LogP contribution in [0.3, 0.4) is 0 Å². The summed E-state index contributed by atoms with van der Waals surface area (Å²) in [6, 6.07) is 9.22. The number of hydrogen-bond donors (Lipinski definition) is 0. The molecule has 1 fully saturated rings. The zero-order chi connectivity index (χ0) is 18.8. The minimum atomic E-state index is -0.0852. The molecule has 0 saturated carbocycles. The maximum Gasteiger partial charge on any atom is 0.257 e. The van der Waals surface area contributed by atoms with Crippen molar-refractivity contribution in [2.24, 2.45) is 0 Å². The molecule has 0 atom stereocenters. The Labute approximate surface area is 156 Å². The van der Waals surface area contributed by atoms with Crippen LogP contribution in [0.4, 0.5) is 0 Å². The second-order valence-corrected chi connectivity index (χ2v) is 6.21. The fourth-order valence-corrected chi connectivity index (χ4v) is 3.23. The molecular weight excluding hydrogens is 346 g/mol. The lowest BCUT2D eigenvalue weighted by Gasteiger charge is -2.40. The van der Waals surface area contributed by atoms with Crippen molar-refractivity contribution in [3.63, 3.8) is 0 Å². The van der Waals surface area contributed by atoms with E-state index in [1.54, 1.807) is 48.9 Å². The van der Waals surface area contributed by atoms with Crippen molar-refractivity contribution in [1.82, 2.24) is 24.6 Å². The first-order chi connectivity index (χ1) is 13.2. The number of ether oxygens (including phenoxy) is 2. The van der Waals surface area contributed by atoms with Crippen LogP contribution in [-0.2, 0) is 0 Å². The number of amides is 1. The van der Waals surface area contributed by atoms with Crippen LogP contribution in [-0.4, -0.2) is 57.9 Å². The molecule has 0 spiro atoms. The first-order valence-corrected chi connectivity index (χ1v) is 8.53. The van der Waals surface area contributed by atoms with Gasteiger partial charge in [-0.1, -0.05) is 6.07 Å². The monoisotopic (exact) mass is 365 g/mol. The van der Waals surface area contributed by atoms with Gasteiger partial charge in [-0.25, -0.2) is 0 Å². The Morgan fingerprint density at radius 1 is 1.15 bits per heavy atom. The van der Waals surface area contributed by atoms with Crippen molar-refractivity contribution >= 4 is 5.91 Å². The second kappa shape index (κ2) is 7.06. The van der Waals surface area contributed by atoms with Gasteiger partial charge < -0.3 is 18.9 Å². The molecule has 8 nitrogen and oxygen atoms in total. The highest BCUT2D eigenvalue weighted by Gasteiger charge is 2.35. The van der Waals surface area contributed by atoms with Crippen molar-refractivity contribution in [2.75, 3.05) is 27.3 Å². The average Bonchev–Trinajstić information content (AvgIpc) is 3.16. The smallest absolute Gasteiger partial charge is 0.257 e. The first-order valence-electron chi connectivity index (χ1n) is 8.53. The fraction of sp³-hybridized carbons (Fsp3) is 0.263. The van der Waals surface area contributed by atoms with Crippen LogP contribution >= 0.6 is 0 Å². The maximum absolute atomic E-state index is 12.9. The summed E-state index contributed by atoms with van der Waals surface area (Å²) in [5.74, 6) is 1.66. The molecule has 0 bridgehead atoms. The molecule has 1 aromatic carbocycles.